The smallest absolute Gasteiger partial charge is 0.226 e. The van der Waals surface area contributed by atoms with Crippen LogP contribution in [-0.4, -0.2) is 16.9 Å². The molecule has 0 aromatic carbocycles. The van der Waals surface area contributed by atoms with Gasteiger partial charge < -0.3 is 5.32 Å². The van der Waals surface area contributed by atoms with Crippen molar-refractivity contribution in [3.05, 3.63) is 29.8 Å². The van der Waals surface area contributed by atoms with Crippen LogP contribution in [0.2, 0.25) is 0 Å². The van der Waals surface area contributed by atoms with Crippen molar-refractivity contribution in [2.45, 2.75) is 45.6 Å². The van der Waals surface area contributed by atoms with E-state index < -0.39 is 0 Å². The molecule has 0 saturated heterocycles. The minimum absolute atomic E-state index is 0.0231. The molecule has 1 aromatic rings. The van der Waals surface area contributed by atoms with Crippen molar-refractivity contribution < 1.29 is 9.18 Å². The fourth-order valence-corrected chi connectivity index (χ4v) is 2.72. The highest BCUT2D eigenvalue weighted by molar-refractivity contribution is 5.78. The topological polar surface area (TPSA) is 42.0 Å². The molecule has 1 aromatic heterocycles. The number of rotatable bonds is 3. The standard InChI is InChI=1S/C15H21FN2O/c1-10-4-3-5-14(11(10)2)18-15(19)8-13-7-6-12(16)9-17-13/h6-7,9-11,14H,3-5,8H2,1-2H3,(H,18,19)/t10-,11-,14-/m1/s1. The number of carbonyl (C=O) groups is 1. The zero-order chi connectivity index (χ0) is 13.8. The molecule has 1 saturated carbocycles. The van der Waals surface area contributed by atoms with Gasteiger partial charge in [-0.05, 0) is 30.4 Å². The zero-order valence-corrected chi connectivity index (χ0v) is 11.5. The van der Waals surface area contributed by atoms with Gasteiger partial charge in [-0.15, -0.1) is 0 Å². The Morgan fingerprint density at radius 3 is 2.89 bits per heavy atom. The first-order valence-corrected chi connectivity index (χ1v) is 6.96. The van der Waals surface area contributed by atoms with Gasteiger partial charge in [0.05, 0.1) is 12.6 Å². The Morgan fingerprint density at radius 2 is 2.21 bits per heavy atom. The summed E-state index contributed by atoms with van der Waals surface area (Å²) < 4.78 is 12.7. The van der Waals surface area contributed by atoms with Crippen LogP contribution < -0.4 is 5.32 Å². The summed E-state index contributed by atoms with van der Waals surface area (Å²) in [6.45, 7) is 4.44. The number of pyridine rings is 1. The zero-order valence-electron chi connectivity index (χ0n) is 11.5. The fraction of sp³-hybridized carbons (Fsp3) is 0.600. The lowest BCUT2D eigenvalue weighted by Crippen LogP contribution is -2.44. The highest BCUT2D eigenvalue weighted by atomic mass is 19.1. The average molecular weight is 264 g/mol. The molecule has 1 aliphatic rings. The fourth-order valence-electron chi connectivity index (χ4n) is 2.72. The molecule has 19 heavy (non-hydrogen) atoms. The number of hydrogen-bond acceptors (Lipinski definition) is 2. The van der Waals surface area contributed by atoms with Crippen molar-refractivity contribution in [3.63, 3.8) is 0 Å². The third-order valence-corrected chi connectivity index (χ3v) is 4.18. The first kappa shape index (κ1) is 14.0. The van der Waals surface area contributed by atoms with Crippen LogP contribution in [0.25, 0.3) is 0 Å². The summed E-state index contributed by atoms with van der Waals surface area (Å²) in [6, 6.07) is 3.15. The molecule has 3 nitrogen and oxygen atoms in total. The summed E-state index contributed by atoms with van der Waals surface area (Å²) in [7, 11) is 0. The first-order valence-electron chi connectivity index (χ1n) is 6.96. The lowest BCUT2D eigenvalue weighted by Gasteiger charge is -2.34. The molecule has 4 heteroatoms. The molecule has 2 rings (SSSR count). The van der Waals surface area contributed by atoms with E-state index in [1.165, 1.54) is 18.9 Å². The maximum atomic E-state index is 12.7. The molecule has 1 aliphatic carbocycles. The van der Waals surface area contributed by atoms with Gasteiger partial charge in [0.25, 0.3) is 0 Å². The number of nitrogens with one attached hydrogen (secondary N) is 1. The molecule has 104 valence electrons. The summed E-state index contributed by atoms with van der Waals surface area (Å²) in [6.07, 6.45) is 4.83. The number of aromatic nitrogens is 1. The molecule has 1 fully saturated rings. The van der Waals surface area contributed by atoms with Crippen molar-refractivity contribution in [1.29, 1.82) is 0 Å². The number of nitrogens with zero attached hydrogens (tertiary/aromatic N) is 1. The summed E-state index contributed by atoms with van der Waals surface area (Å²) in [5.41, 5.74) is 0.607. The summed E-state index contributed by atoms with van der Waals surface area (Å²) in [5, 5.41) is 3.09. The molecule has 1 heterocycles. The average Bonchev–Trinajstić information content (AvgIpc) is 2.38. The second-order valence-electron chi connectivity index (χ2n) is 5.59. The van der Waals surface area contributed by atoms with Gasteiger partial charge in [-0.3, -0.25) is 9.78 Å². The number of hydrogen-bond donors (Lipinski definition) is 1. The maximum Gasteiger partial charge on any atom is 0.226 e. The molecular weight excluding hydrogens is 243 g/mol. The predicted molar refractivity (Wildman–Crippen MR) is 72.0 cm³/mol. The van der Waals surface area contributed by atoms with Crippen molar-refractivity contribution in [3.8, 4) is 0 Å². The highest BCUT2D eigenvalue weighted by Gasteiger charge is 2.28. The third-order valence-electron chi connectivity index (χ3n) is 4.18. The Kier molecular flexibility index (Phi) is 4.51. The van der Waals surface area contributed by atoms with Crippen molar-refractivity contribution in [2.24, 2.45) is 11.8 Å². The van der Waals surface area contributed by atoms with Crippen LogP contribution in [0.3, 0.4) is 0 Å². The molecular formula is C15H21FN2O. The van der Waals surface area contributed by atoms with Crippen LogP contribution in [0.1, 0.15) is 38.8 Å². The molecule has 0 radical (unpaired) electrons. The van der Waals surface area contributed by atoms with Gasteiger partial charge in [-0.25, -0.2) is 4.39 Å². The van der Waals surface area contributed by atoms with Gasteiger partial charge in [0.2, 0.25) is 5.91 Å². The van der Waals surface area contributed by atoms with E-state index in [2.05, 4.69) is 24.1 Å². The first-order chi connectivity index (χ1) is 9.06. The van der Waals surface area contributed by atoms with Crippen LogP contribution in [0, 0.1) is 17.7 Å². The lowest BCUT2D eigenvalue weighted by molar-refractivity contribution is -0.121. The number of amides is 1. The van der Waals surface area contributed by atoms with E-state index in [0.29, 0.717) is 17.5 Å². The molecule has 0 spiro atoms. The van der Waals surface area contributed by atoms with Crippen LogP contribution in [-0.2, 0) is 11.2 Å². The van der Waals surface area contributed by atoms with Gasteiger partial charge in [-0.2, -0.15) is 0 Å². The van der Waals surface area contributed by atoms with Crippen molar-refractivity contribution >= 4 is 5.91 Å². The number of halogens is 1. The molecule has 1 N–H and O–H groups in total. The third kappa shape index (κ3) is 3.75. The van der Waals surface area contributed by atoms with E-state index in [1.807, 2.05) is 0 Å². The van der Waals surface area contributed by atoms with E-state index in [1.54, 1.807) is 6.07 Å². The Morgan fingerprint density at radius 1 is 1.42 bits per heavy atom. The Bertz CT molecular complexity index is 432. The summed E-state index contributed by atoms with van der Waals surface area (Å²) in [5.74, 6) is 0.769. The van der Waals surface area contributed by atoms with Crippen LogP contribution in [0.5, 0.6) is 0 Å². The Balaban J connectivity index is 1.88. The van der Waals surface area contributed by atoms with Crippen LogP contribution >= 0.6 is 0 Å². The van der Waals surface area contributed by atoms with Crippen LogP contribution in [0.15, 0.2) is 18.3 Å². The largest absolute Gasteiger partial charge is 0.353 e. The second-order valence-corrected chi connectivity index (χ2v) is 5.59. The molecule has 1 amide bonds. The summed E-state index contributed by atoms with van der Waals surface area (Å²) >= 11 is 0. The van der Waals surface area contributed by atoms with E-state index in [9.17, 15) is 9.18 Å². The van der Waals surface area contributed by atoms with E-state index >= 15 is 0 Å². The second kappa shape index (κ2) is 6.13. The highest BCUT2D eigenvalue weighted by Crippen LogP contribution is 2.29. The minimum Gasteiger partial charge on any atom is -0.353 e. The molecule has 0 unspecified atom stereocenters. The molecule has 3 atom stereocenters. The minimum atomic E-state index is -0.376. The Labute approximate surface area is 113 Å². The Hall–Kier alpha value is -1.45. The predicted octanol–water partition coefficient (Wildman–Crippen LogP) is 2.70. The maximum absolute atomic E-state index is 12.7. The molecule has 0 aliphatic heterocycles. The van der Waals surface area contributed by atoms with Crippen molar-refractivity contribution in [1.82, 2.24) is 10.3 Å². The monoisotopic (exact) mass is 264 g/mol. The lowest BCUT2D eigenvalue weighted by atomic mass is 9.78. The SMILES string of the molecule is C[C@@H]1[C@H](C)CCC[C@H]1NC(=O)Cc1ccc(F)cn1. The van der Waals surface area contributed by atoms with Gasteiger partial charge in [0.1, 0.15) is 5.82 Å². The van der Waals surface area contributed by atoms with E-state index in [4.69, 9.17) is 0 Å². The van der Waals surface area contributed by atoms with Gasteiger partial charge in [0.15, 0.2) is 0 Å². The summed E-state index contributed by atoms with van der Waals surface area (Å²) in [4.78, 5) is 15.9. The van der Waals surface area contributed by atoms with E-state index in [-0.39, 0.29) is 24.2 Å². The van der Waals surface area contributed by atoms with Gasteiger partial charge >= 0.3 is 0 Å². The van der Waals surface area contributed by atoms with E-state index in [0.717, 1.165) is 12.6 Å². The van der Waals surface area contributed by atoms with Crippen LogP contribution in [0.4, 0.5) is 4.39 Å². The quantitative estimate of drug-likeness (QED) is 0.912. The normalized spacial score (nSPS) is 27.0. The molecule has 0 bridgehead atoms. The van der Waals surface area contributed by atoms with Gasteiger partial charge in [-0.1, -0.05) is 26.7 Å². The van der Waals surface area contributed by atoms with Gasteiger partial charge in [0, 0.05) is 11.7 Å². The number of carbonyl (C=O) groups excluding carboxylic acids is 1. The van der Waals surface area contributed by atoms with Crippen molar-refractivity contribution in [2.75, 3.05) is 0 Å².